The van der Waals surface area contributed by atoms with Crippen LogP contribution in [-0.2, 0) is 11.3 Å². The van der Waals surface area contributed by atoms with E-state index in [1.807, 2.05) is 31.2 Å². The molecule has 186 valence electrons. The van der Waals surface area contributed by atoms with Gasteiger partial charge in [-0.15, -0.1) is 0 Å². The van der Waals surface area contributed by atoms with Gasteiger partial charge in [0.25, 0.3) is 0 Å². The Morgan fingerprint density at radius 3 is 2.69 bits per heavy atom. The van der Waals surface area contributed by atoms with Gasteiger partial charge in [-0.1, -0.05) is 19.1 Å². The fraction of sp³-hybridized carbons (Fsp3) is 0.346. The number of aromatic nitrogens is 3. The zero-order valence-corrected chi connectivity index (χ0v) is 22.0. The maximum Gasteiger partial charge on any atom is 0.414 e. The number of anilines is 2. The Morgan fingerprint density at radius 1 is 1.25 bits per heavy atom. The van der Waals surface area contributed by atoms with Gasteiger partial charge in [-0.05, 0) is 59.5 Å². The van der Waals surface area contributed by atoms with E-state index in [9.17, 15) is 10.1 Å². The summed E-state index contributed by atoms with van der Waals surface area (Å²) in [5.41, 5.74) is 2.86. The highest BCUT2D eigenvalue weighted by molar-refractivity contribution is 9.10. The second-order valence-corrected chi connectivity index (χ2v) is 9.20. The van der Waals surface area contributed by atoms with Crippen LogP contribution in [0, 0.1) is 11.3 Å². The van der Waals surface area contributed by atoms with Crippen molar-refractivity contribution in [3.05, 3.63) is 70.1 Å². The summed E-state index contributed by atoms with van der Waals surface area (Å²) in [4.78, 5) is 30.7. The molecule has 0 radical (unpaired) electrons. The predicted octanol–water partition coefficient (Wildman–Crippen LogP) is 5.41. The number of hydrogen-bond acceptors (Lipinski definition) is 8. The lowest BCUT2D eigenvalue weighted by Crippen LogP contribution is -2.48. The summed E-state index contributed by atoms with van der Waals surface area (Å²) in [6, 6.07) is 12.9. The lowest BCUT2D eigenvalue weighted by molar-refractivity contribution is 0.155. The van der Waals surface area contributed by atoms with Gasteiger partial charge >= 0.3 is 6.09 Å². The van der Waals surface area contributed by atoms with Crippen LogP contribution in [0.25, 0.3) is 0 Å². The molecule has 10 heteroatoms. The van der Waals surface area contributed by atoms with Crippen molar-refractivity contribution >= 4 is 33.7 Å². The standard InChI is InChI=1S/C26H27BrN6O3/c1-4-20-12-22(24-21(9-10-23(31-24)35-3)33(20)26(34)36-5-2)32(25-29-14-19(27)15-30-25)16-18-8-6-7-17(11-18)13-28/h6-11,14-15,20,22H,4-5,12,16H2,1-3H3/t20-,22+/m1/s1. The summed E-state index contributed by atoms with van der Waals surface area (Å²) in [6.45, 7) is 4.56. The van der Waals surface area contributed by atoms with Crippen molar-refractivity contribution < 1.29 is 14.3 Å². The van der Waals surface area contributed by atoms with Crippen LogP contribution in [0.3, 0.4) is 0 Å². The summed E-state index contributed by atoms with van der Waals surface area (Å²) >= 11 is 3.41. The van der Waals surface area contributed by atoms with Crippen LogP contribution in [0.15, 0.2) is 53.3 Å². The molecule has 9 nitrogen and oxygen atoms in total. The molecule has 2 atom stereocenters. The summed E-state index contributed by atoms with van der Waals surface area (Å²) in [6.07, 6.45) is 4.31. The van der Waals surface area contributed by atoms with E-state index in [4.69, 9.17) is 14.5 Å². The first kappa shape index (κ1) is 25.4. The number of nitrogens with zero attached hydrogens (tertiary/aromatic N) is 6. The normalized spacial score (nSPS) is 16.6. The zero-order chi connectivity index (χ0) is 25.7. The summed E-state index contributed by atoms with van der Waals surface area (Å²) in [5, 5.41) is 9.41. The predicted molar refractivity (Wildman–Crippen MR) is 139 cm³/mol. The SMILES string of the molecule is CCOC(=O)N1c2ccc(OC)nc2[C@@H](N(Cc2cccc(C#N)c2)c2ncc(Br)cn2)C[C@H]1CC. The van der Waals surface area contributed by atoms with Gasteiger partial charge in [-0.3, -0.25) is 4.90 Å². The smallest absolute Gasteiger partial charge is 0.414 e. The molecule has 0 fully saturated rings. The zero-order valence-electron chi connectivity index (χ0n) is 20.4. The molecule has 36 heavy (non-hydrogen) atoms. The molecule has 1 aliphatic rings. The van der Waals surface area contributed by atoms with Gasteiger partial charge in [0.05, 0.1) is 47.2 Å². The first-order chi connectivity index (χ1) is 17.5. The minimum atomic E-state index is -0.399. The van der Waals surface area contributed by atoms with Crippen LogP contribution in [0.2, 0.25) is 0 Å². The summed E-state index contributed by atoms with van der Waals surface area (Å²) in [5.74, 6) is 0.959. The minimum Gasteiger partial charge on any atom is -0.481 e. The van der Waals surface area contributed by atoms with E-state index in [0.29, 0.717) is 41.7 Å². The van der Waals surface area contributed by atoms with Gasteiger partial charge in [0, 0.05) is 31.0 Å². The molecule has 0 saturated heterocycles. The second-order valence-electron chi connectivity index (χ2n) is 8.28. The Labute approximate surface area is 218 Å². The Bertz CT molecular complexity index is 1260. The molecule has 3 heterocycles. The van der Waals surface area contributed by atoms with Gasteiger partial charge < -0.3 is 14.4 Å². The van der Waals surface area contributed by atoms with Crippen LogP contribution in [-0.4, -0.2) is 40.8 Å². The van der Waals surface area contributed by atoms with Crippen molar-refractivity contribution in [2.75, 3.05) is 23.5 Å². The number of benzene rings is 1. The maximum absolute atomic E-state index is 13.0. The van der Waals surface area contributed by atoms with Crippen molar-refractivity contribution in [1.29, 1.82) is 5.26 Å². The number of halogens is 1. The highest BCUT2D eigenvalue weighted by atomic mass is 79.9. The fourth-order valence-corrected chi connectivity index (χ4v) is 4.66. The molecule has 0 aliphatic carbocycles. The number of carbonyl (C=O) groups is 1. The number of hydrogen-bond donors (Lipinski definition) is 0. The molecule has 0 unspecified atom stereocenters. The third-order valence-corrected chi connectivity index (χ3v) is 6.52. The number of rotatable bonds is 7. The largest absolute Gasteiger partial charge is 0.481 e. The molecule has 0 N–H and O–H groups in total. The highest BCUT2D eigenvalue weighted by Gasteiger charge is 2.40. The first-order valence-electron chi connectivity index (χ1n) is 11.7. The average Bonchev–Trinajstić information content (AvgIpc) is 2.91. The number of amides is 1. The minimum absolute atomic E-state index is 0.125. The third-order valence-electron chi connectivity index (χ3n) is 6.11. The number of carbonyl (C=O) groups excluding carboxylic acids is 1. The molecule has 3 aromatic rings. The van der Waals surface area contributed by atoms with Crippen molar-refractivity contribution in [2.24, 2.45) is 0 Å². The number of methoxy groups -OCH3 is 1. The molecule has 0 spiro atoms. The van der Waals surface area contributed by atoms with Gasteiger partial charge in [0.1, 0.15) is 0 Å². The van der Waals surface area contributed by atoms with Crippen LogP contribution in [0.1, 0.15) is 49.6 Å². The molecular formula is C26H27BrN6O3. The van der Waals surface area contributed by atoms with Crippen molar-refractivity contribution in [3.8, 4) is 11.9 Å². The number of nitriles is 1. The quantitative estimate of drug-likeness (QED) is 0.384. The molecule has 4 rings (SSSR count). The summed E-state index contributed by atoms with van der Waals surface area (Å²) in [7, 11) is 1.56. The van der Waals surface area contributed by atoms with E-state index in [1.54, 1.807) is 43.5 Å². The van der Waals surface area contributed by atoms with Gasteiger partial charge in [0.15, 0.2) is 0 Å². The molecule has 1 amide bonds. The lowest BCUT2D eigenvalue weighted by atomic mass is 9.92. The molecule has 0 saturated carbocycles. The molecule has 1 aromatic carbocycles. The van der Waals surface area contributed by atoms with Crippen LogP contribution in [0.5, 0.6) is 5.88 Å². The van der Waals surface area contributed by atoms with E-state index in [1.165, 1.54) is 0 Å². The third kappa shape index (κ3) is 5.26. The van der Waals surface area contributed by atoms with E-state index in [-0.39, 0.29) is 18.7 Å². The van der Waals surface area contributed by atoms with Crippen molar-refractivity contribution in [3.63, 3.8) is 0 Å². The number of pyridine rings is 1. The second kappa shape index (κ2) is 11.4. The molecular weight excluding hydrogens is 524 g/mol. The van der Waals surface area contributed by atoms with Crippen molar-refractivity contribution in [2.45, 2.75) is 45.3 Å². The Kier molecular flexibility index (Phi) is 8.00. The number of fused-ring (bicyclic) bond motifs is 1. The lowest BCUT2D eigenvalue weighted by Gasteiger charge is -2.43. The van der Waals surface area contributed by atoms with Crippen LogP contribution in [0.4, 0.5) is 16.4 Å². The molecule has 2 aromatic heterocycles. The van der Waals surface area contributed by atoms with Gasteiger partial charge in [-0.2, -0.15) is 5.26 Å². The van der Waals surface area contributed by atoms with Crippen LogP contribution >= 0.6 is 15.9 Å². The Hall–Kier alpha value is -3.71. The fourth-order valence-electron chi connectivity index (χ4n) is 4.46. The maximum atomic E-state index is 13.0. The first-order valence-corrected chi connectivity index (χ1v) is 12.5. The summed E-state index contributed by atoms with van der Waals surface area (Å²) < 4.78 is 11.6. The Morgan fingerprint density at radius 2 is 2.03 bits per heavy atom. The van der Waals surface area contributed by atoms with E-state index in [0.717, 1.165) is 16.5 Å². The van der Waals surface area contributed by atoms with Gasteiger partial charge in [-0.25, -0.2) is 19.7 Å². The van der Waals surface area contributed by atoms with Gasteiger partial charge in [0.2, 0.25) is 11.8 Å². The molecule has 1 aliphatic heterocycles. The monoisotopic (exact) mass is 550 g/mol. The highest BCUT2D eigenvalue weighted by Crippen LogP contribution is 2.43. The molecule has 0 bridgehead atoms. The number of ether oxygens (including phenoxy) is 2. The van der Waals surface area contributed by atoms with E-state index < -0.39 is 6.09 Å². The van der Waals surface area contributed by atoms with Crippen LogP contribution < -0.4 is 14.5 Å². The van der Waals surface area contributed by atoms with E-state index >= 15 is 0 Å². The topological polar surface area (TPSA) is 104 Å². The average molecular weight is 551 g/mol. The van der Waals surface area contributed by atoms with E-state index in [2.05, 4.69) is 36.9 Å². The Balaban J connectivity index is 1.86. The van der Waals surface area contributed by atoms with Crippen molar-refractivity contribution in [1.82, 2.24) is 15.0 Å².